The van der Waals surface area contributed by atoms with E-state index in [2.05, 4.69) is 4.98 Å². The van der Waals surface area contributed by atoms with E-state index in [-0.39, 0.29) is 0 Å². The van der Waals surface area contributed by atoms with Gasteiger partial charge in [-0.2, -0.15) is 5.26 Å². The smallest absolute Gasteiger partial charge is 0.137 e. The van der Waals surface area contributed by atoms with Crippen LogP contribution in [-0.4, -0.2) is 12.1 Å². The molecule has 0 fully saturated rings. The Bertz CT molecular complexity index is 598. The number of ether oxygens (including phenoxy) is 1. The largest absolute Gasteiger partial charge is 0.495 e. The summed E-state index contributed by atoms with van der Waals surface area (Å²) >= 11 is 6.02. The van der Waals surface area contributed by atoms with Crippen molar-refractivity contribution in [3.8, 4) is 23.1 Å². The first kappa shape index (κ1) is 11.4. The molecule has 17 heavy (non-hydrogen) atoms. The number of anilines is 1. The Morgan fingerprint density at radius 2 is 2.18 bits per heavy atom. The van der Waals surface area contributed by atoms with Gasteiger partial charge in [-0.25, -0.2) is 0 Å². The summed E-state index contributed by atoms with van der Waals surface area (Å²) in [6, 6.07) is 9.06. The van der Waals surface area contributed by atoms with Crippen molar-refractivity contribution in [2.24, 2.45) is 0 Å². The predicted octanol–water partition coefficient (Wildman–Crippen LogP) is 2.80. The Morgan fingerprint density at radius 3 is 2.71 bits per heavy atom. The third-order valence-corrected chi connectivity index (χ3v) is 2.73. The molecule has 1 aromatic carbocycles. The lowest BCUT2D eigenvalue weighted by atomic mass is 10.1. The van der Waals surface area contributed by atoms with Crippen LogP contribution in [0.2, 0.25) is 5.02 Å². The summed E-state index contributed by atoms with van der Waals surface area (Å²) in [5, 5.41) is 9.33. The number of aromatic nitrogens is 1. The van der Waals surface area contributed by atoms with Crippen LogP contribution in [0, 0.1) is 11.3 Å². The lowest BCUT2D eigenvalue weighted by Crippen LogP contribution is -1.87. The van der Waals surface area contributed by atoms with Crippen LogP contribution < -0.4 is 10.5 Å². The highest BCUT2D eigenvalue weighted by atomic mass is 35.5. The minimum absolute atomic E-state index is 0.356. The second kappa shape index (κ2) is 4.40. The van der Waals surface area contributed by atoms with E-state index in [1.807, 2.05) is 12.1 Å². The molecule has 0 aliphatic heterocycles. The molecule has 0 bridgehead atoms. The van der Waals surface area contributed by atoms with Gasteiger partial charge in [0.05, 0.1) is 17.7 Å². The van der Waals surface area contributed by atoms with Gasteiger partial charge >= 0.3 is 0 Å². The number of nitrogens with zero attached hydrogens (tertiary/aromatic N) is 1. The molecule has 3 N–H and O–H groups in total. The van der Waals surface area contributed by atoms with Crippen molar-refractivity contribution in [3.63, 3.8) is 0 Å². The summed E-state index contributed by atoms with van der Waals surface area (Å²) in [6.45, 7) is 0. The molecule has 0 unspecified atom stereocenters. The number of H-pyrrole nitrogens is 1. The molecule has 0 saturated carbocycles. The Kier molecular flexibility index (Phi) is 2.94. The summed E-state index contributed by atoms with van der Waals surface area (Å²) in [5.41, 5.74) is 7.67. The molecular weight excluding hydrogens is 238 g/mol. The average Bonchev–Trinajstić information content (AvgIpc) is 2.70. The molecular formula is C12H10ClN3O. The number of nitriles is 1. The summed E-state index contributed by atoms with van der Waals surface area (Å²) in [4.78, 5) is 2.93. The zero-order valence-corrected chi connectivity index (χ0v) is 9.88. The van der Waals surface area contributed by atoms with Crippen LogP contribution in [0.5, 0.6) is 5.75 Å². The topological polar surface area (TPSA) is 74.8 Å². The van der Waals surface area contributed by atoms with Gasteiger partial charge in [0.1, 0.15) is 17.6 Å². The molecule has 0 aliphatic carbocycles. The van der Waals surface area contributed by atoms with Crippen molar-refractivity contribution in [2.45, 2.75) is 0 Å². The summed E-state index contributed by atoms with van der Waals surface area (Å²) in [6.07, 6.45) is 0. The zero-order valence-electron chi connectivity index (χ0n) is 9.12. The number of aromatic amines is 1. The fraction of sp³-hybridized carbons (Fsp3) is 0.0833. The second-order valence-corrected chi connectivity index (χ2v) is 3.88. The Balaban J connectivity index is 2.47. The number of nitrogens with one attached hydrogen (secondary N) is 1. The van der Waals surface area contributed by atoms with Crippen LogP contribution in [0.1, 0.15) is 5.56 Å². The maximum Gasteiger partial charge on any atom is 0.137 e. The van der Waals surface area contributed by atoms with E-state index >= 15 is 0 Å². The molecule has 2 rings (SSSR count). The summed E-state index contributed by atoms with van der Waals surface area (Å²) < 4.78 is 5.07. The molecule has 0 radical (unpaired) electrons. The molecule has 1 heterocycles. The van der Waals surface area contributed by atoms with E-state index in [9.17, 15) is 0 Å². The Labute approximate surface area is 104 Å². The third-order valence-electron chi connectivity index (χ3n) is 2.43. The van der Waals surface area contributed by atoms with E-state index < -0.39 is 0 Å². The van der Waals surface area contributed by atoms with Gasteiger partial charge in [0.2, 0.25) is 0 Å². The Morgan fingerprint density at radius 1 is 1.41 bits per heavy atom. The number of hydrogen-bond acceptors (Lipinski definition) is 3. The molecule has 0 saturated heterocycles. The minimum atomic E-state index is 0.356. The fourth-order valence-corrected chi connectivity index (χ4v) is 1.81. The average molecular weight is 248 g/mol. The maximum atomic E-state index is 8.82. The normalized spacial score (nSPS) is 9.94. The number of methoxy groups -OCH3 is 1. The third kappa shape index (κ3) is 2.05. The first-order valence-electron chi connectivity index (χ1n) is 4.88. The highest BCUT2D eigenvalue weighted by Gasteiger charge is 2.08. The molecule has 0 atom stereocenters. The van der Waals surface area contributed by atoms with Crippen LogP contribution in [0.3, 0.4) is 0 Å². The van der Waals surface area contributed by atoms with Gasteiger partial charge in [-0.15, -0.1) is 0 Å². The van der Waals surface area contributed by atoms with Crippen LogP contribution in [0.25, 0.3) is 11.3 Å². The van der Waals surface area contributed by atoms with Crippen molar-refractivity contribution >= 4 is 17.4 Å². The zero-order chi connectivity index (χ0) is 12.4. The molecule has 2 aromatic rings. The molecule has 86 valence electrons. The van der Waals surface area contributed by atoms with Gasteiger partial charge in [0, 0.05) is 5.69 Å². The number of hydrogen-bond donors (Lipinski definition) is 2. The standard InChI is InChI=1S/C12H10ClN3O/c1-17-11-3-2-7(4-9(11)13)10-5-8(6-14)12(15)16-10/h2-5,16H,15H2,1H3. The molecule has 0 spiro atoms. The highest BCUT2D eigenvalue weighted by Crippen LogP contribution is 2.30. The molecule has 0 amide bonds. The Hall–Kier alpha value is -2.12. The van der Waals surface area contributed by atoms with Gasteiger partial charge in [-0.05, 0) is 29.8 Å². The predicted molar refractivity (Wildman–Crippen MR) is 66.9 cm³/mol. The number of nitrogens with two attached hydrogens (primary N) is 1. The van der Waals surface area contributed by atoms with E-state index in [0.717, 1.165) is 11.3 Å². The molecule has 5 heteroatoms. The van der Waals surface area contributed by atoms with Crippen molar-refractivity contribution in [1.29, 1.82) is 5.26 Å². The van der Waals surface area contributed by atoms with Gasteiger partial charge < -0.3 is 15.5 Å². The SMILES string of the molecule is COc1ccc(-c2cc(C#N)c(N)[nH]2)cc1Cl. The first-order chi connectivity index (χ1) is 8.15. The summed E-state index contributed by atoms with van der Waals surface area (Å²) in [7, 11) is 1.56. The molecule has 0 aliphatic rings. The first-order valence-corrected chi connectivity index (χ1v) is 5.26. The molecule has 4 nitrogen and oxygen atoms in total. The van der Waals surface area contributed by atoms with Gasteiger partial charge in [0.25, 0.3) is 0 Å². The van der Waals surface area contributed by atoms with Crippen LogP contribution in [0.4, 0.5) is 5.82 Å². The summed E-state index contributed by atoms with van der Waals surface area (Å²) in [5.74, 6) is 0.963. The van der Waals surface area contributed by atoms with E-state index in [0.29, 0.717) is 22.2 Å². The quantitative estimate of drug-likeness (QED) is 0.857. The maximum absolute atomic E-state index is 8.82. The van der Waals surface area contributed by atoms with Crippen molar-refractivity contribution < 1.29 is 4.74 Å². The lowest BCUT2D eigenvalue weighted by Gasteiger charge is -2.04. The van der Waals surface area contributed by atoms with Crippen LogP contribution in [-0.2, 0) is 0 Å². The highest BCUT2D eigenvalue weighted by molar-refractivity contribution is 6.32. The number of benzene rings is 1. The number of nitrogen functional groups attached to an aromatic ring is 1. The number of rotatable bonds is 2. The van der Waals surface area contributed by atoms with E-state index in [1.165, 1.54) is 0 Å². The second-order valence-electron chi connectivity index (χ2n) is 3.47. The van der Waals surface area contributed by atoms with Crippen molar-refractivity contribution in [1.82, 2.24) is 4.98 Å². The number of halogens is 1. The van der Waals surface area contributed by atoms with Gasteiger partial charge in [-0.1, -0.05) is 11.6 Å². The monoisotopic (exact) mass is 247 g/mol. The van der Waals surface area contributed by atoms with Gasteiger partial charge in [0.15, 0.2) is 0 Å². The van der Waals surface area contributed by atoms with Crippen LogP contribution >= 0.6 is 11.6 Å². The van der Waals surface area contributed by atoms with Crippen molar-refractivity contribution in [3.05, 3.63) is 34.9 Å². The van der Waals surface area contributed by atoms with Crippen molar-refractivity contribution in [2.75, 3.05) is 12.8 Å². The van der Waals surface area contributed by atoms with E-state index in [1.54, 1.807) is 25.3 Å². The minimum Gasteiger partial charge on any atom is -0.495 e. The van der Waals surface area contributed by atoms with E-state index in [4.69, 9.17) is 27.3 Å². The fourth-order valence-electron chi connectivity index (χ4n) is 1.55. The lowest BCUT2D eigenvalue weighted by molar-refractivity contribution is 0.415. The molecule has 1 aromatic heterocycles. The van der Waals surface area contributed by atoms with Crippen LogP contribution in [0.15, 0.2) is 24.3 Å². The van der Waals surface area contributed by atoms with Gasteiger partial charge in [-0.3, -0.25) is 0 Å².